The minimum atomic E-state index is -1.09. The maximum atomic E-state index is 11.3. The Morgan fingerprint density at radius 1 is 1.42 bits per heavy atom. The number of aryl methyl sites for hydroxylation is 2. The number of ketones is 1. The highest BCUT2D eigenvalue weighted by Gasteiger charge is 2.16. The summed E-state index contributed by atoms with van der Waals surface area (Å²) in [6.07, 6.45) is 1.50. The Morgan fingerprint density at radius 2 is 2.11 bits per heavy atom. The Labute approximate surface area is 109 Å². The van der Waals surface area contributed by atoms with E-state index in [0.717, 1.165) is 5.69 Å². The van der Waals surface area contributed by atoms with Crippen molar-refractivity contribution in [2.45, 2.75) is 27.3 Å². The Balaban J connectivity index is 2.38. The fourth-order valence-electron chi connectivity index (χ4n) is 1.77. The van der Waals surface area contributed by atoms with Gasteiger partial charge in [-0.2, -0.15) is 0 Å². The molecule has 0 amide bonds. The van der Waals surface area contributed by atoms with Gasteiger partial charge in [-0.1, -0.05) is 0 Å². The van der Waals surface area contributed by atoms with Crippen molar-refractivity contribution in [2.24, 2.45) is 0 Å². The maximum absolute atomic E-state index is 11.3. The van der Waals surface area contributed by atoms with E-state index in [2.05, 4.69) is 4.98 Å². The molecule has 2 rings (SSSR count). The van der Waals surface area contributed by atoms with E-state index >= 15 is 0 Å². The van der Waals surface area contributed by atoms with Crippen LogP contribution in [0.15, 0.2) is 16.7 Å². The van der Waals surface area contributed by atoms with Gasteiger partial charge in [0.05, 0.1) is 12.2 Å². The molecule has 0 aliphatic rings. The summed E-state index contributed by atoms with van der Waals surface area (Å²) in [5, 5.41) is 9.12. The zero-order chi connectivity index (χ0) is 14.2. The standard InChI is InChI=1S/C13H14N2O4/c1-7-9(3)19-12(14-7)6-15-5-10(8(2)16)4-11(15)13(17)18/h4-5H,6H2,1-3H3,(H,17,18). The highest BCUT2D eigenvalue weighted by Crippen LogP contribution is 2.14. The highest BCUT2D eigenvalue weighted by atomic mass is 16.4. The third-order valence-corrected chi connectivity index (χ3v) is 2.90. The van der Waals surface area contributed by atoms with Crippen LogP contribution in [0.4, 0.5) is 0 Å². The van der Waals surface area contributed by atoms with Gasteiger partial charge < -0.3 is 14.1 Å². The second kappa shape index (κ2) is 4.72. The Hall–Kier alpha value is -2.37. The zero-order valence-electron chi connectivity index (χ0n) is 10.9. The quantitative estimate of drug-likeness (QED) is 0.852. The zero-order valence-corrected chi connectivity index (χ0v) is 10.9. The summed E-state index contributed by atoms with van der Waals surface area (Å²) in [5.41, 5.74) is 1.17. The number of aromatic nitrogens is 2. The molecule has 0 unspecified atom stereocenters. The number of carbonyl (C=O) groups excluding carboxylic acids is 1. The van der Waals surface area contributed by atoms with Gasteiger partial charge in [0.1, 0.15) is 11.5 Å². The van der Waals surface area contributed by atoms with E-state index in [4.69, 9.17) is 9.52 Å². The second-order valence-corrected chi connectivity index (χ2v) is 4.35. The van der Waals surface area contributed by atoms with E-state index in [1.54, 1.807) is 6.92 Å². The van der Waals surface area contributed by atoms with Crippen LogP contribution in [0.5, 0.6) is 0 Å². The number of nitrogens with zero attached hydrogens (tertiary/aromatic N) is 2. The van der Waals surface area contributed by atoms with E-state index in [0.29, 0.717) is 17.2 Å². The van der Waals surface area contributed by atoms with Crippen LogP contribution in [0.25, 0.3) is 0 Å². The van der Waals surface area contributed by atoms with Crippen LogP contribution in [0, 0.1) is 13.8 Å². The van der Waals surface area contributed by atoms with Gasteiger partial charge in [-0.3, -0.25) is 4.79 Å². The molecule has 0 saturated heterocycles. The Kier molecular flexibility index (Phi) is 3.25. The van der Waals surface area contributed by atoms with E-state index < -0.39 is 5.97 Å². The van der Waals surface area contributed by atoms with Gasteiger partial charge in [-0.15, -0.1) is 0 Å². The molecule has 1 N–H and O–H groups in total. The molecule has 2 aromatic heterocycles. The van der Waals surface area contributed by atoms with Crippen LogP contribution in [0.3, 0.4) is 0 Å². The summed E-state index contributed by atoms with van der Waals surface area (Å²) in [7, 11) is 0. The molecule has 0 radical (unpaired) electrons. The van der Waals surface area contributed by atoms with Crippen LogP contribution in [-0.4, -0.2) is 26.4 Å². The molecule has 0 saturated carbocycles. The second-order valence-electron chi connectivity index (χ2n) is 4.35. The van der Waals surface area contributed by atoms with Crippen LogP contribution in [0.2, 0.25) is 0 Å². The number of oxazole rings is 1. The van der Waals surface area contributed by atoms with Gasteiger partial charge in [0.2, 0.25) is 5.89 Å². The molecule has 6 heteroatoms. The first-order valence-electron chi connectivity index (χ1n) is 5.75. The number of rotatable bonds is 4. The fraction of sp³-hybridized carbons (Fsp3) is 0.308. The van der Waals surface area contributed by atoms with E-state index in [-0.39, 0.29) is 18.0 Å². The first-order valence-corrected chi connectivity index (χ1v) is 5.75. The number of hydrogen-bond donors (Lipinski definition) is 1. The van der Waals surface area contributed by atoms with Crippen molar-refractivity contribution >= 4 is 11.8 Å². The minimum absolute atomic E-state index is 0.0405. The Morgan fingerprint density at radius 3 is 2.58 bits per heavy atom. The number of Topliss-reactive ketones (excluding diaryl/α,β-unsaturated/α-hetero) is 1. The number of carboxylic acids is 1. The van der Waals surface area contributed by atoms with Gasteiger partial charge >= 0.3 is 5.97 Å². The van der Waals surface area contributed by atoms with Crippen molar-refractivity contribution < 1.29 is 19.1 Å². The first-order chi connectivity index (χ1) is 8.88. The predicted octanol–water partition coefficient (Wildman–Crippen LogP) is 2.04. The van der Waals surface area contributed by atoms with E-state index in [9.17, 15) is 9.59 Å². The fourth-order valence-corrected chi connectivity index (χ4v) is 1.77. The molecule has 19 heavy (non-hydrogen) atoms. The monoisotopic (exact) mass is 262 g/mol. The summed E-state index contributed by atoms with van der Waals surface area (Å²) in [6.45, 7) is 5.19. The summed E-state index contributed by atoms with van der Waals surface area (Å²) in [4.78, 5) is 26.6. The molecule has 6 nitrogen and oxygen atoms in total. The molecule has 0 aromatic carbocycles. The summed E-state index contributed by atoms with van der Waals surface area (Å²) >= 11 is 0. The van der Waals surface area contributed by atoms with Crippen LogP contribution >= 0.6 is 0 Å². The smallest absolute Gasteiger partial charge is 0.352 e. The number of hydrogen-bond acceptors (Lipinski definition) is 4. The van der Waals surface area contributed by atoms with Gasteiger partial charge in [0, 0.05) is 11.8 Å². The molecular weight excluding hydrogens is 248 g/mol. The van der Waals surface area contributed by atoms with Gasteiger partial charge in [-0.05, 0) is 26.8 Å². The molecule has 0 fully saturated rings. The van der Waals surface area contributed by atoms with Crippen molar-refractivity contribution in [3.63, 3.8) is 0 Å². The topological polar surface area (TPSA) is 85.3 Å². The Bertz CT molecular complexity index is 632. The van der Waals surface area contributed by atoms with E-state index in [1.807, 2.05) is 6.92 Å². The molecule has 2 heterocycles. The number of aromatic carboxylic acids is 1. The molecule has 0 aliphatic heterocycles. The summed E-state index contributed by atoms with van der Waals surface area (Å²) < 4.78 is 6.86. The summed E-state index contributed by atoms with van der Waals surface area (Å²) in [6, 6.07) is 1.35. The minimum Gasteiger partial charge on any atom is -0.477 e. The van der Waals surface area contributed by atoms with Crippen LogP contribution in [0.1, 0.15) is 45.1 Å². The summed E-state index contributed by atoms with van der Waals surface area (Å²) in [5.74, 6) is -0.150. The third-order valence-electron chi connectivity index (χ3n) is 2.90. The number of carboxylic acid groups (broad SMARTS) is 1. The number of carbonyl (C=O) groups is 2. The third kappa shape index (κ3) is 2.57. The van der Waals surface area contributed by atoms with Crippen molar-refractivity contribution in [2.75, 3.05) is 0 Å². The molecular formula is C13H14N2O4. The average molecular weight is 262 g/mol. The first kappa shape index (κ1) is 13.1. The average Bonchev–Trinajstić information content (AvgIpc) is 2.84. The van der Waals surface area contributed by atoms with Crippen LogP contribution in [-0.2, 0) is 6.54 Å². The van der Waals surface area contributed by atoms with Gasteiger partial charge in [0.25, 0.3) is 0 Å². The maximum Gasteiger partial charge on any atom is 0.352 e. The normalized spacial score (nSPS) is 10.7. The molecule has 2 aromatic rings. The molecule has 0 atom stereocenters. The van der Waals surface area contributed by atoms with Crippen LogP contribution < -0.4 is 0 Å². The van der Waals surface area contributed by atoms with Gasteiger partial charge in [0.15, 0.2) is 5.78 Å². The predicted molar refractivity (Wildman–Crippen MR) is 66.5 cm³/mol. The molecule has 0 spiro atoms. The lowest BCUT2D eigenvalue weighted by Gasteiger charge is -2.02. The highest BCUT2D eigenvalue weighted by molar-refractivity contribution is 5.97. The van der Waals surface area contributed by atoms with Gasteiger partial charge in [-0.25, -0.2) is 9.78 Å². The van der Waals surface area contributed by atoms with Crippen molar-refractivity contribution in [3.8, 4) is 0 Å². The molecule has 100 valence electrons. The van der Waals surface area contributed by atoms with Crippen molar-refractivity contribution in [1.29, 1.82) is 0 Å². The molecule has 0 bridgehead atoms. The lowest BCUT2D eigenvalue weighted by molar-refractivity contribution is 0.0685. The van der Waals surface area contributed by atoms with Crippen molar-refractivity contribution in [3.05, 3.63) is 40.9 Å². The SMILES string of the molecule is CC(=O)c1cc(C(=O)O)n(Cc2nc(C)c(C)o2)c1. The van der Waals surface area contributed by atoms with Crippen molar-refractivity contribution in [1.82, 2.24) is 9.55 Å². The van der Waals surface area contributed by atoms with E-state index in [1.165, 1.54) is 23.8 Å². The molecule has 0 aliphatic carbocycles. The lowest BCUT2D eigenvalue weighted by Crippen LogP contribution is -2.08. The lowest BCUT2D eigenvalue weighted by atomic mass is 10.2. The largest absolute Gasteiger partial charge is 0.477 e.